The highest BCUT2D eigenvalue weighted by Gasteiger charge is 2.38. The second-order valence-electron chi connectivity index (χ2n) is 8.09. The zero-order chi connectivity index (χ0) is 24.0. The van der Waals surface area contributed by atoms with Gasteiger partial charge in [-0.25, -0.2) is 19.6 Å². The van der Waals surface area contributed by atoms with E-state index in [0.29, 0.717) is 52.8 Å². The van der Waals surface area contributed by atoms with Crippen LogP contribution in [0.2, 0.25) is 0 Å². The number of rotatable bonds is 4. The van der Waals surface area contributed by atoms with Crippen molar-refractivity contribution in [3.63, 3.8) is 0 Å². The molecule has 0 saturated heterocycles. The average molecular weight is 533 g/mol. The van der Waals surface area contributed by atoms with Gasteiger partial charge in [0.1, 0.15) is 17.2 Å². The van der Waals surface area contributed by atoms with E-state index in [9.17, 15) is 13.2 Å². The van der Waals surface area contributed by atoms with Gasteiger partial charge < -0.3 is 9.30 Å². The number of fused-ring (bicyclic) bond motifs is 1. The van der Waals surface area contributed by atoms with Crippen LogP contribution in [0.4, 0.5) is 13.2 Å². The predicted molar refractivity (Wildman–Crippen MR) is 122 cm³/mol. The van der Waals surface area contributed by atoms with E-state index in [1.165, 1.54) is 13.2 Å². The highest BCUT2D eigenvalue weighted by atomic mass is 79.9. The summed E-state index contributed by atoms with van der Waals surface area (Å²) in [5.74, 6) is 0.699. The van der Waals surface area contributed by atoms with Crippen molar-refractivity contribution in [2.75, 3.05) is 7.11 Å². The molecule has 0 amide bonds. The van der Waals surface area contributed by atoms with Crippen LogP contribution < -0.4 is 4.74 Å². The number of benzene rings is 1. The maximum atomic E-state index is 13.8. The van der Waals surface area contributed by atoms with Crippen LogP contribution in [0.5, 0.6) is 5.88 Å². The van der Waals surface area contributed by atoms with Gasteiger partial charge in [-0.1, -0.05) is 22.0 Å². The fourth-order valence-electron chi connectivity index (χ4n) is 4.29. The standard InChI is InChI=1S/C23H20BrF3N6O/c1-13-11-32(12-28-13)19-8-7-18(29-22(19)34-2)20-30-21-16(4-3-9-33(21)31-20)15-6-5-14(24)10-17(15)23(25,26)27/h5-8,10-12,16H,3-4,9H2,1-2H3. The summed E-state index contributed by atoms with van der Waals surface area (Å²) in [5, 5.41) is 4.57. The largest absolute Gasteiger partial charge is 0.479 e. The molecule has 1 aliphatic heterocycles. The summed E-state index contributed by atoms with van der Waals surface area (Å²) < 4.78 is 50.7. The van der Waals surface area contributed by atoms with Crippen LogP contribution in [0, 0.1) is 6.92 Å². The lowest BCUT2D eigenvalue weighted by Gasteiger charge is -2.25. The molecule has 0 fully saturated rings. The molecule has 3 aromatic heterocycles. The van der Waals surface area contributed by atoms with Gasteiger partial charge in [0.05, 0.1) is 24.7 Å². The molecule has 34 heavy (non-hydrogen) atoms. The minimum Gasteiger partial charge on any atom is -0.479 e. The molecule has 4 heterocycles. The predicted octanol–water partition coefficient (Wildman–Crippen LogP) is 5.55. The average Bonchev–Trinajstić information content (AvgIpc) is 3.44. The number of halogens is 4. The first kappa shape index (κ1) is 22.6. The number of hydrogen-bond donors (Lipinski definition) is 0. The van der Waals surface area contributed by atoms with Crippen molar-refractivity contribution in [2.24, 2.45) is 0 Å². The third-order valence-electron chi connectivity index (χ3n) is 5.82. The van der Waals surface area contributed by atoms with Crippen LogP contribution in [-0.2, 0) is 12.7 Å². The Kier molecular flexibility index (Phi) is 5.67. The number of aryl methyl sites for hydroxylation is 2. The number of aromatic nitrogens is 6. The number of ether oxygens (including phenoxy) is 1. The minimum atomic E-state index is -4.47. The van der Waals surface area contributed by atoms with E-state index in [2.05, 4.69) is 36.0 Å². The summed E-state index contributed by atoms with van der Waals surface area (Å²) in [6.07, 6.45) is 0.305. The summed E-state index contributed by atoms with van der Waals surface area (Å²) in [7, 11) is 1.52. The van der Waals surface area contributed by atoms with Crippen LogP contribution >= 0.6 is 15.9 Å². The third kappa shape index (κ3) is 4.08. The van der Waals surface area contributed by atoms with Crippen LogP contribution in [0.3, 0.4) is 0 Å². The van der Waals surface area contributed by atoms with Gasteiger partial charge in [-0.3, -0.25) is 0 Å². The van der Waals surface area contributed by atoms with Gasteiger partial charge in [0, 0.05) is 23.1 Å². The molecule has 4 aromatic rings. The van der Waals surface area contributed by atoms with Gasteiger partial charge in [-0.05, 0) is 49.6 Å². The Morgan fingerprint density at radius 2 is 1.97 bits per heavy atom. The number of nitrogens with zero attached hydrogens (tertiary/aromatic N) is 6. The molecular formula is C23H20BrF3N6O. The van der Waals surface area contributed by atoms with Gasteiger partial charge in [0.15, 0.2) is 5.82 Å². The van der Waals surface area contributed by atoms with Crippen molar-refractivity contribution in [3.05, 3.63) is 70.0 Å². The van der Waals surface area contributed by atoms with E-state index in [0.717, 1.165) is 11.8 Å². The molecular weight excluding hydrogens is 513 g/mol. The summed E-state index contributed by atoms with van der Waals surface area (Å²) in [6.45, 7) is 2.47. The van der Waals surface area contributed by atoms with Crippen LogP contribution in [0.1, 0.15) is 41.4 Å². The van der Waals surface area contributed by atoms with E-state index < -0.39 is 17.7 Å². The molecule has 0 bridgehead atoms. The Balaban J connectivity index is 1.55. The van der Waals surface area contributed by atoms with Crippen molar-refractivity contribution in [1.82, 2.24) is 29.3 Å². The molecule has 0 aliphatic carbocycles. The van der Waals surface area contributed by atoms with E-state index in [1.54, 1.807) is 27.7 Å². The highest BCUT2D eigenvalue weighted by molar-refractivity contribution is 9.10. The van der Waals surface area contributed by atoms with Gasteiger partial charge >= 0.3 is 6.18 Å². The molecule has 1 atom stereocenters. The van der Waals surface area contributed by atoms with Gasteiger partial charge in [0.2, 0.25) is 5.88 Å². The van der Waals surface area contributed by atoms with Crippen molar-refractivity contribution < 1.29 is 17.9 Å². The lowest BCUT2D eigenvalue weighted by atomic mass is 9.87. The number of pyridine rings is 1. The maximum absolute atomic E-state index is 13.8. The lowest BCUT2D eigenvalue weighted by molar-refractivity contribution is -0.138. The Labute approximate surface area is 201 Å². The quantitative estimate of drug-likeness (QED) is 0.344. The van der Waals surface area contributed by atoms with Gasteiger partial charge in [-0.15, -0.1) is 5.10 Å². The summed E-state index contributed by atoms with van der Waals surface area (Å²) >= 11 is 3.16. The van der Waals surface area contributed by atoms with Crippen LogP contribution in [0.15, 0.2) is 47.3 Å². The summed E-state index contributed by atoms with van der Waals surface area (Å²) in [5.41, 5.74) is 1.58. The summed E-state index contributed by atoms with van der Waals surface area (Å²) in [6, 6.07) is 7.86. The third-order valence-corrected chi connectivity index (χ3v) is 6.32. The van der Waals surface area contributed by atoms with Crippen molar-refractivity contribution in [2.45, 2.75) is 38.4 Å². The molecule has 1 aromatic carbocycles. The lowest BCUT2D eigenvalue weighted by Crippen LogP contribution is -2.21. The fourth-order valence-corrected chi connectivity index (χ4v) is 4.65. The Bertz CT molecular complexity index is 1360. The Hall–Kier alpha value is -3.21. The van der Waals surface area contributed by atoms with Crippen LogP contribution in [0.25, 0.3) is 17.2 Å². The van der Waals surface area contributed by atoms with E-state index in [4.69, 9.17) is 4.74 Å². The zero-order valence-corrected chi connectivity index (χ0v) is 19.9. The van der Waals surface area contributed by atoms with E-state index in [1.807, 2.05) is 19.2 Å². The first-order chi connectivity index (χ1) is 16.2. The van der Waals surface area contributed by atoms with Crippen LogP contribution in [-0.4, -0.2) is 36.4 Å². The van der Waals surface area contributed by atoms with E-state index in [-0.39, 0.29) is 5.56 Å². The maximum Gasteiger partial charge on any atom is 0.416 e. The monoisotopic (exact) mass is 532 g/mol. The number of imidazole rings is 1. The number of alkyl halides is 3. The molecule has 0 saturated carbocycles. The van der Waals surface area contributed by atoms with Gasteiger partial charge in [0.25, 0.3) is 0 Å². The van der Waals surface area contributed by atoms with Gasteiger partial charge in [-0.2, -0.15) is 13.2 Å². The molecule has 176 valence electrons. The topological polar surface area (TPSA) is 70.7 Å². The smallest absolute Gasteiger partial charge is 0.416 e. The second kappa shape index (κ2) is 8.53. The molecule has 0 radical (unpaired) electrons. The number of hydrogen-bond acceptors (Lipinski definition) is 5. The second-order valence-corrected chi connectivity index (χ2v) is 9.00. The first-order valence-corrected chi connectivity index (χ1v) is 11.4. The van der Waals surface area contributed by atoms with Crippen molar-refractivity contribution in [3.8, 4) is 23.1 Å². The summed E-state index contributed by atoms with van der Waals surface area (Å²) in [4.78, 5) is 13.4. The molecule has 1 unspecified atom stereocenters. The highest BCUT2D eigenvalue weighted by Crippen LogP contribution is 2.42. The molecule has 0 N–H and O–H groups in total. The first-order valence-electron chi connectivity index (χ1n) is 10.6. The molecule has 11 heteroatoms. The minimum absolute atomic E-state index is 0.201. The Morgan fingerprint density at radius 1 is 1.15 bits per heavy atom. The SMILES string of the molecule is COc1nc(-c2nc3n(n2)CCCC3c2ccc(Br)cc2C(F)(F)F)ccc1-n1cnc(C)c1. The fraction of sp³-hybridized carbons (Fsp3) is 0.304. The Morgan fingerprint density at radius 3 is 2.68 bits per heavy atom. The zero-order valence-electron chi connectivity index (χ0n) is 18.3. The van der Waals surface area contributed by atoms with E-state index >= 15 is 0 Å². The molecule has 0 spiro atoms. The normalized spacial score (nSPS) is 15.9. The van der Waals surface area contributed by atoms with Crippen molar-refractivity contribution in [1.29, 1.82) is 0 Å². The molecule has 1 aliphatic rings. The van der Waals surface area contributed by atoms with Crippen molar-refractivity contribution >= 4 is 15.9 Å². The molecule has 5 rings (SSSR count). The number of methoxy groups -OCH3 is 1. The molecule has 7 nitrogen and oxygen atoms in total.